The predicted octanol–water partition coefficient (Wildman–Crippen LogP) is 0.903. The second-order valence-corrected chi connectivity index (χ2v) is 4.68. The fourth-order valence-corrected chi connectivity index (χ4v) is 2.23. The molecular weight excluding hydrogens is 204 g/mol. The third-order valence-electron chi connectivity index (χ3n) is 3.25. The molecule has 16 heavy (non-hydrogen) atoms. The Labute approximate surface area is 97.9 Å². The van der Waals surface area contributed by atoms with Crippen LogP contribution >= 0.6 is 0 Å². The summed E-state index contributed by atoms with van der Waals surface area (Å²) in [5.41, 5.74) is 5.98. The van der Waals surface area contributed by atoms with Crippen LogP contribution in [0.5, 0.6) is 0 Å². The maximum absolute atomic E-state index is 11.9. The molecule has 3 unspecified atom stereocenters. The van der Waals surface area contributed by atoms with Gasteiger partial charge >= 0.3 is 0 Å². The van der Waals surface area contributed by atoms with Gasteiger partial charge in [0.15, 0.2) is 0 Å². The highest BCUT2D eigenvalue weighted by Crippen LogP contribution is 2.27. The molecule has 0 aromatic carbocycles. The molecule has 1 rings (SSSR count). The number of hydrogen-bond acceptors (Lipinski definition) is 3. The average molecular weight is 228 g/mol. The van der Waals surface area contributed by atoms with E-state index >= 15 is 0 Å². The molecule has 1 fully saturated rings. The molecule has 0 heterocycles. The Bertz CT molecular complexity index is 221. The number of hydrogen-bond donors (Lipinski definition) is 2. The van der Waals surface area contributed by atoms with E-state index in [-0.39, 0.29) is 17.9 Å². The molecule has 0 radical (unpaired) electrons. The molecule has 3 atom stereocenters. The van der Waals surface area contributed by atoms with Gasteiger partial charge in [-0.15, -0.1) is 0 Å². The van der Waals surface area contributed by atoms with Crippen molar-refractivity contribution in [3.63, 3.8) is 0 Å². The maximum atomic E-state index is 11.9. The highest BCUT2D eigenvalue weighted by Gasteiger charge is 2.31. The molecular formula is C12H24N2O2. The number of nitrogens with one attached hydrogen (secondary N) is 1. The lowest BCUT2D eigenvalue weighted by Crippen LogP contribution is -2.45. The molecule has 1 aliphatic rings. The molecule has 94 valence electrons. The van der Waals surface area contributed by atoms with Crippen molar-refractivity contribution in [1.82, 2.24) is 5.32 Å². The number of nitrogens with two attached hydrogens (primary N) is 1. The van der Waals surface area contributed by atoms with E-state index in [2.05, 4.69) is 12.2 Å². The summed E-state index contributed by atoms with van der Waals surface area (Å²) >= 11 is 0. The second kappa shape index (κ2) is 6.86. The molecule has 0 aliphatic heterocycles. The van der Waals surface area contributed by atoms with Gasteiger partial charge in [0, 0.05) is 19.2 Å². The summed E-state index contributed by atoms with van der Waals surface area (Å²) < 4.78 is 5.17. The number of carbonyl (C=O) groups is 1. The number of rotatable bonds is 5. The van der Waals surface area contributed by atoms with Crippen LogP contribution in [0.25, 0.3) is 0 Å². The summed E-state index contributed by atoms with van der Waals surface area (Å²) in [5.74, 6) is 0.701. The molecule has 1 amide bonds. The average Bonchev–Trinajstić information content (AvgIpc) is 2.27. The lowest BCUT2D eigenvalue weighted by molar-refractivity contribution is -0.127. The highest BCUT2D eigenvalue weighted by atomic mass is 16.5. The fourth-order valence-electron chi connectivity index (χ4n) is 2.23. The van der Waals surface area contributed by atoms with Crippen molar-refractivity contribution in [2.45, 2.75) is 39.2 Å². The van der Waals surface area contributed by atoms with Crippen molar-refractivity contribution in [3.05, 3.63) is 0 Å². The van der Waals surface area contributed by atoms with Gasteiger partial charge in [-0.3, -0.25) is 4.79 Å². The van der Waals surface area contributed by atoms with Gasteiger partial charge in [0.1, 0.15) is 0 Å². The minimum atomic E-state index is -0.00891. The summed E-state index contributed by atoms with van der Waals surface area (Å²) in [6.07, 6.45) is 3.02. The third kappa shape index (κ3) is 4.10. The van der Waals surface area contributed by atoms with Gasteiger partial charge in [-0.25, -0.2) is 0 Å². The maximum Gasteiger partial charge on any atom is 0.224 e. The van der Waals surface area contributed by atoms with Crippen molar-refractivity contribution in [3.8, 4) is 0 Å². The zero-order chi connectivity index (χ0) is 12.0. The van der Waals surface area contributed by atoms with Crippen LogP contribution in [-0.4, -0.2) is 31.7 Å². The molecule has 4 nitrogen and oxygen atoms in total. The first kappa shape index (κ1) is 13.5. The Balaban J connectivity index is 2.28. The van der Waals surface area contributed by atoms with E-state index in [4.69, 9.17) is 10.5 Å². The van der Waals surface area contributed by atoms with Crippen LogP contribution in [0.4, 0.5) is 0 Å². The van der Waals surface area contributed by atoms with E-state index < -0.39 is 0 Å². The minimum Gasteiger partial charge on any atom is -0.380 e. The zero-order valence-corrected chi connectivity index (χ0v) is 10.4. The van der Waals surface area contributed by atoms with Gasteiger partial charge in [-0.05, 0) is 32.1 Å². The van der Waals surface area contributed by atoms with E-state index in [9.17, 15) is 4.79 Å². The standard InChI is InChI=1S/C12H24N2O2/c1-3-16-7-6-14-12(15)10-8-9(2)4-5-11(10)13/h9-11H,3-8,13H2,1-2H3,(H,14,15). The van der Waals surface area contributed by atoms with Crippen LogP contribution < -0.4 is 11.1 Å². The predicted molar refractivity (Wildman–Crippen MR) is 64.0 cm³/mol. The summed E-state index contributed by atoms with van der Waals surface area (Å²) in [6, 6.07) is 0.0308. The Hall–Kier alpha value is -0.610. The van der Waals surface area contributed by atoms with E-state index in [0.29, 0.717) is 25.7 Å². The molecule has 0 aromatic rings. The normalized spacial score (nSPS) is 30.1. The fraction of sp³-hybridized carbons (Fsp3) is 0.917. The Morgan fingerprint density at radius 3 is 2.94 bits per heavy atom. The van der Waals surface area contributed by atoms with Crippen molar-refractivity contribution >= 4 is 5.91 Å². The van der Waals surface area contributed by atoms with Crippen LogP contribution in [0.2, 0.25) is 0 Å². The first-order valence-electron chi connectivity index (χ1n) is 6.26. The van der Waals surface area contributed by atoms with Crippen molar-refractivity contribution in [1.29, 1.82) is 0 Å². The number of amides is 1. The van der Waals surface area contributed by atoms with Gasteiger partial charge in [0.05, 0.1) is 12.5 Å². The topological polar surface area (TPSA) is 64.3 Å². The van der Waals surface area contributed by atoms with Crippen LogP contribution in [0.3, 0.4) is 0 Å². The largest absolute Gasteiger partial charge is 0.380 e. The zero-order valence-electron chi connectivity index (χ0n) is 10.4. The summed E-state index contributed by atoms with van der Waals surface area (Å²) in [6.45, 7) is 5.99. The van der Waals surface area contributed by atoms with Crippen LogP contribution in [0.1, 0.15) is 33.1 Å². The minimum absolute atomic E-state index is 0.00891. The number of carbonyl (C=O) groups excluding carboxylic acids is 1. The van der Waals surface area contributed by atoms with Gasteiger partial charge < -0.3 is 15.8 Å². The molecule has 1 saturated carbocycles. The van der Waals surface area contributed by atoms with Crippen LogP contribution in [-0.2, 0) is 9.53 Å². The number of ether oxygens (including phenoxy) is 1. The summed E-state index contributed by atoms with van der Waals surface area (Å²) in [5, 5.41) is 2.89. The van der Waals surface area contributed by atoms with Crippen LogP contribution in [0.15, 0.2) is 0 Å². The Kier molecular flexibility index (Phi) is 5.77. The van der Waals surface area contributed by atoms with Gasteiger partial charge in [-0.2, -0.15) is 0 Å². The third-order valence-corrected chi connectivity index (χ3v) is 3.25. The Morgan fingerprint density at radius 2 is 2.25 bits per heavy atom. The molecule has 4 heteroatoms. The van der Waals surface area contributed by atoms with Gasteiger partial charge in [-0.1, -0.05) is 6.92 Å². The lowest BCUT2D eigenvalue weighted by Gasteiger charge is -2.31. The second-order valence-electron chi connectivity index (χ2n) is 4.68. The molecule has 0 aromatic heterocycles. The van der Waals surface area contributed by atoms with Crippen molar-refractivity contribution < 1.29 is 9.53 Å². The Morgan fingerprint density at radius 1 is 1.50 bits per heavy atom. The van der Waals surface area contributed by atoms with Crippen LogP contribution in [0, 0.1) is 11.8 Å². The molecule has 0 bridgehead atoms. The van der Waals surface area contributed by atoms with E-state index in [1.807, 2.05) is 6.92 Å². The molecule has 0 saturated heterocycles. The van der Waals surface area contributed by atoms with Crippen molar-refractivity contribution in [2.75, 3.05) is 19.8 Å². The SMILES string of the molecule is CCOCCNC(=O)C1CC(C)CCC1N. The summed E-state index contributed by atoms with van der Waals surface area (Å²) in [4.78, 5) is 11.9. The van der Waals surface area contributed by atoms with Gasteiger partial charge in [0.2, 0.25) is 5.91 Å². The monoisotopic (exact) mass is 228 g/mol. The first-order chi connectivity index (χ1) is 7.65. The van der Waals surface area contributed by atoms with E-state index in [1.54, 1.807) is 0 Å². The quantitative estimate of drug-likeness (QED) is 0.687. The first-order valence-corrected chi connectivity index (χ1v) is 6.26. The highest BCUT2D eigenvalue weighted by molar-refractivity contribution is 5.79. The molecule has 3 N–H and O–H groups in total. The molecule has 0 spiro atoms. The summed E-state index contributed by atoms with van der Waals surface area (Å²) in [7, 11) is 0. The smallest absolute Gasteiger partial charge is 0.224 e. The lowest BCUT2D eigenvalue weighted by atomic mass is 9.79. The van der Waals surface area contributed by atoms with Gasteiger partial charge in [0.25, 0.3) is 0 Å². The van der Waals surface area contributed by atoms with E-state index in [0.717, 1.165) is 19.3 Å². The van der Waals surface area contributed by atoms with E-state index in [1.165, 1.54) is 0 Å². The van der Waals surface area contributed by atoms with Crippen molar-refractivity contribution in [2.24, 2.45) is 17.6 Å². The molecule has 1 aliphatic carbocycles.